The molecular formula is C39H31AlCl6O3Si2. The molecule has 0 radical (unpaired) electrons. The molecule has 0 N–H and O–H groups in total. The molecule has 51 heavy (non-hydrogen) atoms. The molecule has 0 bridgehead atoms. The van der Waals surface area contributed by atoms with E-state index in [1.807, 2.05) is 109 Å². The zero-order valence-electron chi connectivity index (χ0n) is 27.0. The van der Waals surface area contributed by atoms with E-state index >= 15 is 0 Å². The highest BCUT2D eigenvalue weighted by Crippen LogP contribution is 2.45. The van der Waals surface area contributed by atoms with E-state index in [9.17, 15) is 0 Å². The van der Waals surface area contributed by atoms with Crippen molar-refractivity contribution in [1.82, 2.24) is 0 Å². The Hall–Kier alpha value is -2.09. The van der Waals surface area contributed by atoms with Crippen molar-refractivity contribution < 1.29 is 10.7 Å². The number of alkyl halides is 6. The van der Waals surface area contributed by atoms with Crippen molar-refractivity contribution in [3.05, 3.63) is 182 Å². The van der Waals surface area contributed by atoms with Crippen molar-refractivity contribution in [1.29, 1.82) is 0 Å². The van der Waals surface area contributed by atoms with Crippen LogP contribution in [0.25, 0.3) is 0 Å². The van der Waals surface area contributed by atoms with Gasteiger partial charge in [0.15, 0.2) is 0 Å². The summed E-state index contributed by atoms with van der Waals surface area (Å²) < 4.78 is 17.8. The molecule has 0 spiro atoms. The first-order valence-electron chi connectivity index (χ1n) is 16.0. The van der Waals surface area contributed by atoms with Gasteiger partial charge in [-0.2, -0.15) is 0 Å². The molecule has 0 aliphatic rings. The van der Waals surface area contributed by atoms with Gasteiger partial charge in [-0.3, -0.25) is 0 Å². The molecular weight excluding hydrogens is 812 g/mol. The van der Waals surface area contributed by atoms with Gasteiger partial charge in [0.05, 0.1) is 0 Å². The molecule has 0 aliphatic carbocycles. The van der Waals surface area contributed by atoms with Crippen LogP contribution in [0.5, 0.6) is 0 Å². The van der Waals surface area contributed by atoms with Crippen LogP contribution in [0.3, 0.4) is 0 Å². The summed E-state index contributed by atoms with van der Waals surface area (Å²) in [5.41, 5.74) is 0. The van der Waals surface area contributed by atoms with Crippen LogP contribution >= 0.6 is 69.6 Å². The molecule has 6 aromatic carbocycles. The first kappa shape index (κ1) is 38.6. The van der Waals surface area contributed by atoms with Crippen molar-refractivity contribution in [2.45, 2.75) is 13.7 Å². The van der Waals surface area contributed by atoms with E-state index < -0.39 is 45.5 Å². The molecule has 12 heteroatoms. The van der Waals surface area contributed by atoms with Crippen molar-refractivity contribution >= 4 is 133 Å². The summed E-state index contributed by atoms with van der Waals surface area (Å²) in [7, 11) is -7.00. The third kappa shape index (κ3) is 8.67. The lowest BCUT2D eigenvalue weighted by Gasteiger charge is -2.42. The van der Waals surface area contributed by atoms with Gasteiger partial charge < -0.3 is 10.7 Å². The quantitative estimate of drug-likeness (QED) is 0.0728. The maximum Gasteiger partial charge on any atom is 0.884 e. The molecule has 258 valence electrons. The molecule has 0 aliphatic heterocycles. The molecule has 0 atom stereocenters. The fourth-order valence-corrected chi connectivity index (χ4v) is 21.8. The summed E-state index contributed by atoms with van der Waals surface area (Å²) in [6, 6.07) is 60.5. The minimum Gasteiger partial charge on any atom is -0.489 e. The highest BCUT2D eigenvalue weighted by Gasteiger charge is 2.59. The lowest BCUT2D eigenvalue weighted by atomic mass is 10.3. The number of hydrogen-bond acceptors (Lipinski definition) is 3. The predicted molar refractivity (Wildman–Crippen MR) is 221 cm³/mol. The zero-order chi connectivity index (χ0) is 36.0. The summed E-state index contributed by atoms with van der Waals surface area (Å²) in [6.07, 6.45) is -1.57. The fourth-order valence-electron chi connectivity index (χ4n) is 6.26. The summed E-state index contributed by atoms with van der Waals surface area (Å²) >= 11 is 35.7. The Balaban J connectivity index is 1.66. The molecule has 0 amide bonds. The van der Waals surface area contributed by atoms with E-state index in [4.69, 9.17) is 80.3 Å². The molecule has 0 aromatic heterocycles. The Kier molecular flexibility index (Phi) is 12.8. The Labute approximate surface area is 336 Å². The van der Waals surface area contributed by atoms with Crippen molar-refractivity contribution in [2.24, 2.45) is 0 Å². The average molecular weight is 844 g/mol. The van der Waals surface area contributed by atoms with Crippen LogP contribution in [-0.2, 0) is 10.7 Å². The van der Waals surface area contributed by atoms with Crippen molar-refractivity contribution in [2.75, 3.05) is 0 Å². The molecule has 0 unspecified atom stereocenters. The van der Waals surface area contributed by atoms with Gasteiger partial charge in [0.2, 0.25) is 7.59 Å². The van der Waals surface area contributed by atoms with Gasteiger partial charge in [-0.15, -0.1) is 0 Å². The summed E-state index contributed by atoms with van der Waals surface area (Å²) in [4.78, 5) is 0. The number of rotatable bonds is 12. The van der Waals surface area contributed by atoms with E-state index in [-0.39, 0.29) is 0 Å². The fraction of sp³-hybridized carbons (Fsp3) is 0.0769. The van der Waals surface area contributed by atoms with E-state index in [0.717, 1.165) is 31.1 Å². The molecule has 0 heterocycles. The summed E-state index contributed by atoms with van der Waals surface area (Å²) in [5.74, 6) is 0. The highest BCUT2D eigenvalue weighted by atomic mass is 35.6. The second-order valence-corrected chi connectivity index (χ2v) is 25.3. The first-order valence-corrected chi connectivity index (χ1v) is 23.5. The summed E-state index contributed by atoms with van der Waals surface area (Å²) in [5, 5.41) is 5.74. The standard InChI is InChI=1S/2C18H15OSi.C3HCl6O.Al/c2*19-20(16-10-4-1-5-11-16,17-12-6-2-7-13-17)18-14-8-3-9-15-18;4-2(5,6)1(10)3(7,8)9;/h2*1-15H;1H;/q3*-1;+3. The van der Waals surface area contributed by atoms with Crippen LogP contribution in [-0.4, -0.2) is 45.5 Å². The topological polar surface area (TPSA) is 27.7 Å². The smallest absolute Gasteiger partial charge is 0.489 e. The second-order valence-electron chi connectivity index (χ2n) is 11.7. The lowest BCUT2D eigenvalue weighted by Crippen LogP contribution is -2.75. The SMILES string of the molecule is ClC(Cl)(Cl)C([O][Al]([O][Si](c1ccccc1)(c1ccccc1)c1ccccc1)[O][Si](c1ccccc1)(c1ccccc1)c1ccccc1)C(Cl)(Cl)Cl. The second kappa shape index (κ2) is 16.9. The monoisotopic (exact) mass is 840 g/mol. The van der Waals surface area contributed by atoms with Crippen LogP contribution in [0.4, 0.5) is 0 Å². The van der Waals surface area contributed by atoms with Gasteiger partial charge >= 0.3 is 15.1 Å². The largest absolute Gasteiger partial charge is 0.884 e. The Morgan fingerprint density at radius 3 is 0.725 bits per heavy atom. The number of hydrogen-bond donors (Lipinski definition) is 0. The molecule has 0 saturated carbocycles. The minimum absolute atomic E-state index is 0.956. The third-order valence-electron chi connectivity index (χ3n) is 8.47. The molecule has 0 saturated heterocycles. The van der Waals surface area contributed by atoms with Gasteiger partial charge in [-0.05, 0) is 31.1 Å². The van der Waals surface area contributed by atoms with Crippen molar-refractivity contribution in [3.63, 3.8) is 0 Å². The van der Waals surface area contributed by atoms with Crippen molar-refractivity contribution in [3.8, 4) is 0 Å². The number of benzene rings is 6. The van der Waals surface area contributed by atoms with E-state index in [0.29, 0.717) is 0 Å². The van der Waals surface area contributed by atoms with Gasteiger partial charge in [0, 0.05) is 0 Å². The van der Waals surface area contributed by atoms with Gasteiger partial charge in [-0.1, -0.05) is 252 Å². The summed E-state index contributed by atoms with van der Waals surface area (Å²) in [6.45, 7) is 0. The Morgan fingerprint density at radius 2 is 0.549 bits per heavy atom. The predicted octanol–water partition coefficient (Wildman–Crippen LogP) is 7.46. The van der Waals surface area contributed by atoms with Crippen LogP contribution in [0.1, 0.15) is 0 Å². The van der Waals surface area contributed by atoms with Gasteiger partial charge in [-0.25, -0.2) is 0 Å². The first-order chi connectivity index (χ1) is 24.5. The third-order valence-corrected chi connectivity index (χ3v) is 21.4. The Morgan fingerprint density at radius 1 is 0.353 bits per heavy atom. The van der Waals surface area contributed by atoms with Crippen LogP contribution in [0.2, 0.25) is 0 Å². The molecule has 3 nitrogen and oxygen atoms in total. The number of halogens is 6. The van der Waals surface area contributed by atoms with Gasteiger partial charge in [0.25, 0.3) is 16.6 Å². The molecule has 6 rings (SSSR count). The van der Waals surface area contributed by atoms with E-state index in [2.05, 4.69) is 72.8 Å². The minimum atomic E-state index is -3.64. The highest BCUT2D eigenvalue weighted by molar-refractivity contribution is 7.11. The Bertz CT molecular complexity index is 1620. The lowest BCUT2D eigenvalue weighted by molar-refractivity contribution is 0.133. The van der Waals surface area contributed by atoms with E-state index in [1.54, 1.807) is 0 Å². The van der Waals surface area contributed by atoms with Crippen LogP contribution < -0.4 is 31.1 Å². The molecule has 6 aromatic rings. The molecule has 0 fully saturated rings. The maximum absolute atomic E-state index is 7.65. The maximum atomic E-state index is 7.65. The normalized spacial score (nSPS) is 12.5. The average Bonchev–Trinajstić information content (AvgIpc) is 3.16. The van der Waals surface area contributed by atoms with Crippen LogP contribution in [0.15, 0.2) is 182 Å². The van der Waals surface area contributed by atoms with E-state index in [1.165, 1.54) is 0 Å². The van der Waals surface area contributed by atoms with Gasteiger partial charge in [0.1, 0.15) is 6.10 Å². The zero-order valence-corrected chi connectivity index (χ0v) is 34.7. The van der Waals surface area contributed by atoms with Crippen LogP contribution in [0, 0.1) is 0 Å².